The molecule has 0 bridgehead atoms. The fourth-order valence-electron chi connectivity index (χ4n) is 6.69. The topological polar surface area (TPSA) is 73.5 Å². The van der Waals surface area contributed by atoms with Crippen molar-refractivity contribution in [2.24, 2.45) is 21.6 Å². The van der Waals surface area contributed by atoms with Crippen LogP contribution in [0.15, 0.2) is 149 Å². The molecule has 2 atom stereocenters. The molecule has 1 aliphatic heterocycles. The summed E-state index contributed by atoms with van der Waals surface area (Å²) in [7, 11) is 0. The van der Waals surface area contributed by atoms with Crippen LogP contribution in [-0.2, 0) is 0 Å². The predicted octanol–water partition coefficient (Wildman–Crippen LogP) is 9.13. The molecule has 4 heterocycles. The van der Waals surface area contributed by atoms with Crippen LogP contribution in [0.3, 0.4) is 0 Å². The number of hydrogen-bond donors (Lipinski definition) is 1. The van der Waals surface area contributed by atoms with Crippen molar-refractivity contribution in [3.8, 4) is 5.69 Å². The highest BCUT2D eigenvalue weighted by Crippen LogP contribution is 2.40. The fraction of sp³-hybridized carbons (Fsp3) is 0.125. The number of hydrogen-bond acceptors (Lipinski definition) is 3. The average Bonchev–Trinajstić information content (AvgIpc) is 3.62. The predicted molar refractivity (Wildman–Crippen MR) is 192 cm³/mol. The standard InChI is InChI=1S/C40H34N6/c1-26-19-22-34(43-25-26)35(24-27(2)33-16-10-11-23-42-33)44-40(41)46-37-18-9-7-15-30(37)32-21-20-31-29-14-6-8-17-36(29)45(38(31)39(32)46)28-12-4-3-5-13-28/h3-18,20-27H,19H2,1-2H3,(H2,41,44)/b35-24-. The first-order valence-corrected chi connectivity index (χ1v) is 15.8. The molecule has 46 heavy (non-hydrogen) atoms. The Hall–Kier alpha value is -5.75. The number of fused-ring (bicyclic) bond motifs is 7. The molecule has 0 fully saturated rings. The molecule has 3 aromatic heterocycles. The van der Waals surface area contributed by atoms with Crippen molar-refractivity contribution in [3.05, 3.63) is 145 Å². The van der Waals surface area contributed by atoms with E-state index in [1.54, 1.807) is 0 Å². The van der Waals surface area contributed by atoms with Crippen molar-refractivity contribution in [3.63, 3.8) is 0 Å². The zero-order chi connectivity index (χ0) is 31.2. The Morgan fingerprint density at radius 3 is 2.20 bits per heavy atom. The van der Waals surface area contributed by atoms with Gasteiger partial charge in [-0.3, -0.25) is 14.5 Å². The van der Waals surface area contributed by atoms with Crippen molar-refractivity contribution < 1.29 is 0 Å². The molecule has 6 nitrogen and oxygen atoms in total. The normalized spacial score (nSPS) is 16.5. The van der Waals surface area contributed by atoms with Gasteiger partial charge in [-0.2, -0.15) is 0 Å². The molecular weight excluding hydrogens is 564 g/mol. The smallest absolute Gasteiger partial charge is 0.205 e. The lowest BCUT2D eigenvalue weighted by Crippen LogP contribution is -2.23. The molecule has 1 aliphatic rings. The Kier molecular flexibility index (Phi) is 6.83. The van der Waals surface area contributed by atoms with E-state index in [-0.39, 0.29) is 5.92 Å². The summed E-state index contributed by atoms with van der Waals surface area (Å²) in [4.78, 5) is 14.6. The van der Waals surface area contributed by atoms with Crippen molar-refractivity contribution in [2.75, 3.05) is 0 Å². The second-order valence-corrected chi connectivity index (χ2v) is 12.0. The van der Waals surface area contributed by atoms with Gasteiger partial charge in [0.15, 0.2) is 0 Å². The third kappa shape index (κ3) is 4.61. The molecular formula is C40H34N6. The molecule has 0 saturated heterocycles. The molecule has 0 amide bonds. The number of benzene rings is 4. The summed E-state index contributed by atoms with van der Waals surface area (Å²) in [5.74, 6) is 0.775. The summed E-state index contributed by atoms with van der Waals surface area (Å²) in [6.07, 6.45) is 9.01. The van der Waals surface area contributed by atoms with Crippen molar-refractivity contribution in [2.45, 2.75) is 26.2 Å². The van der Waals surface area contributed by atoms with Crippen molar-refractivity contribution in [1.82, 2.24) is 14.1 Å². The van der Waals surface area contributed by atoms with Gasteiger partial charge in [-0.15, -0.1) is 0 Å². The monoisotopic (exact) mass is 598 g/mol. The highest BCUT2D eigenvalue weighted by Gasteiger charge is 2.22. The van der Waals surface area contributed by atoms with Gasteiger partial charge >= 0.3 is 0 Å². The van der Waals surface area contributed by atoms with E-state index in [0.29, 0.717) is 11.9 Å². The molecule has 0 radical (unpaired) electrons. The lowest BCUT2D eigenvalue weighted by Gasteiger charge is -2.15. The van der Waals surface area contributed by atoms with Crippen LogP contribution in [0.25, 0.3) is 49.3 Å². The molecule has 0 spiro atoms. The number of nitrogens with zero attached hydrogens (tertiary/aromatic N) is 5. The van der Waals surface area contributed by atoms with E-state index in [1.165, 1.54) is 5.39 Å². The van der Waals surface area contributed by atoms with E-state index in [4.69, 9.17) is 15.7 Å². The Bertz CT molecular complexity index is 2370. The fourth-order valence-corrected chi connectivity index (χ4v) is 6.69. The quantitative estimate of drug-likeness (QED) is 0.158. The van der Waals surface area contributed by atoms with Gasteiger partial charge in [0.05, 0.1) is 33.5 Å². The van der Waals surface area contributed by atoms with Gasteiger partial charge in [-0.25, -0.2) is 4.99 Å². The maximum atomic E-state index is 7.16. The zero-order valence-electron chi connectivity index (χ0n) is 25.9. The molecule has 4 aromatic carbocycles. The lowest BCUT2D eigenvalue weighted by atomic mass is 10.0. The minimum Gasteiger partial charge on any atom is -0.369 e. The van der Waals surface area contributed by atoms with Crippen LogP contribution in [0.2, 0.25) is 0 Å². The summed E-state index contributed by atoms with van der Waals surface area (Å²) >= 11 is 0. The Balaban J connectivity index is 1.44. The number of nitrogens with two attached hydrogens (primary N) is 1. The minimum atomic E-state index is 0.00803. The second kappa shape index (κ2) is 11.3. The van der Waals surface area contributed by atoms with Gasteiger partial charge in [0, 0.05) is 51.3 Å². The van der Waals surface area contributed by atoms with Gasteiger partial charge in [-0.05, 0) is 54.8 Å². The van der Waals surface area contributed by atoms with Crippen molar-refractivity contribution in [1.29, 1.82) is 0 Å². The van der Waals surface area contributed by atoms with E-state index in [0.717, 1.165) is 67.4 Å². The molecule has 0 aliphatic carbocycles. The summed E-state index contributed by atoms with van der Waals surface area (Å²) < 4.78 is 4.48. The molecule has 2 unspecified atom stereocenters. The van der Waals surface area contributed by atoms with Crippen LogP contribution in [0, 0.1) is 5.92 Å². The van der Waals surface area contributed by atoms with Crippen LogP contribution >= 0.6 is 0 Å². The van der Waals surface area contributed by atoms with Gasteiger partial charge in [-0.1, -0.05) is 92.7 Å². The Morgan fingerprint density at radius 2 is 1.48 bits per heavy atom. The third-order valence-electron chi connectivity index (χ3n) is 8.92. The SMILES string of the molecule is CC1C=NC(/C(=C/C(C)c2ccccn2)N=C(N)n2c3ccccc3c3ccc4c5ccccc5n(-c5ccccc5)c4c32)=CC1. The zero-order valence-corrected chi connectivity index (χ0v) is 25.9. The van der Waals surface area contributed by atoms with Crippen LogP contribution < -0.4 is 5.73 Å². The van der Waals surface area contributed by atoms with E-state index in [9.17, 15) is 0 Å². The second-order valence-electron chi connectivity index (χ2n) is 12.0. The highest BCUT2D eigenvalue weighted by atomic mass is 15.2. The first-order chi connectivity index (χ1) is 22.6. The molecule has 224 valence electrons. The van der Waals surface area contributed by atoms with Crippen LogP contribution in [0.4, 0.5) is 0 Å². The summed E-state index contributed by atoms with van der Waals surface area (Å²) in [6.45, 7) is 4.30. The van der Waals surface area contributed by atoms with E-state index >= 15 is 0 Å². The number of pyridine rings is 1. The van der Waals surface area contributed by atoms with Crippen LogP contribution in [0.1, 0.15) is 31.9 Å². The number of allylic oxidation sites excluding steroid dienone is 2. The highest BCUT2D eigenvalue weighted by molar-refractivity contribution is 6.25. The van der Waals surface area contributed by atoms with E-state index in [1.807, 2.05) is 30.6 Å². The summed E-state index contributed by atoms with van der Waals surface area (Å²) in [6, 6.07) is 38.0. The minimum absolute atomic E-state index is 0.00803. The maximum Gasteiger partial charge on any atom is 0.205 e. The van der Waals surface area contributed by atoms with Gasteiger partial charge in [0.1, 0.15) is 0 Å². The Morgan fingerprint density at radius 1 is 0.804 bits per heavy atom. The largest absolute Gasteiger partial charge is 0.369 e. The average molecular weight is 599 g/mol. The third-order valence-corrected chi connectivity index (χ3v) is 8.92. The van der Waals surface area contributed by atoms with Crippen LogP contribution in [-0.4, -0.2) is 26.3 Å². The van der Waals surface area contributed by atoms with E-state index < -0.39 is 0 Å². The number of rotatable bonds is 5. The first kappa shape index (κ1) is 27.8. The van der Waals surface area contributed by atoms with Gasteiger partial charge in [0.25, 0.3) is 0 Å². The Labute approximate surface area is 267 Å². The van der Waals surface area contributed by atoms with E-state index in [2.05, 4.69) is 131 Å². The van der Waals surface area contributed by atoms with Gasteiger partial charge in [0.2, 0.25) is 5.96 Å². The lowest BCUT2D eigenvalue weighted by molar-refractivity contribution is 0.784. The van der Waals surface area contributed by atoms with Crippen molar-refractivity contribution >= 4 is 55.8 Å². The molecule has 8 rings (SSSR count). The summed E-state index contributed by atoms with van der Waals surface area (Å²) in [5.41, 5.74) is 15.0. The number of aromatic nitrogens is 3. The molecule has 6 heteroatoms. The molecule has 2 N–H and O–H groups in total. The number of para-hydroxylation sites is 3. The summed E-state index contributed by atoms with van der Waals surface area (Å²) in [5, 5.41) is 4.60. The molecule has 0 saturated carbocycles. The molecule has 7 aromatic rings. The first-order valence-electron chi connectivity index (χ1n) is 15.8. The van der Waals surface area contributed by atoms with Gasteiger partial charge < -0.3 is 10.3 Å². The number of aliphatic imine (C=N–C) groups is 2. The maximum absolute atomic E-state index is 7.16. The van der Waals surface area contributed by atoms with Crippen LogP contribution in [0.5, 0.6) is 0 Å².